The Morgan fingerprint density at radius 2 is 1.91 bits per heavy atom. The van der Waals surface area contributed by atoms with Crippen molar-refractivity contribution in [3.8, 4) is 28.6 Å². The number of anilines is 1. The predicted molar refractivity (Wildman–Crippen MR) is 132 cm³/mol. The van der Waals surface area contributed by atoms with Crippen molar-refractivity contribution in [3.63, 3.8) is 0 Å². The molecule has 3 N–H and O–H groups in total. The van der Waals surface area contributed by atoms with Crippen LogP contribution in [0.3, 0.4) is 0 Å². The molecule has 0 aliphatic carbocycles. The Hall–Kier alpha value is -3.50. The number of ether oxygens (including phenoxy) is 1. The molecule has 3 rings (SSSR count). The summed E-state index contributed by atoms with van der Waals surface area (Å²) >= 11 is 0. The van der Waals surface area contributed by atoms with Crippen LogP contribution in [0.1, 0.15) is 30.7 Å². The van der Waals surface area contributed by atoms with Crippen molar-refractivity contribution < 1.29 is 24.3 Å². The van der Waals surface area contributed by atoms with E-state index in [0.29, 0.717) is 23.9 Å². The zero-order chi connectivity index (χ0) is 25.5. The van der Waals surface area contributed by atoms with Gasteiger partial charge >= 0.3 is 0 Å². The number of aryl methyl sites for hydroxylation is 3. The highest BCUT2D eigenvalue weighted by atomic mass is 16.5. The number of nitrogens with zero attached hydrogens (tertiary/aromatic N) is 4. The molecule has 35 heavy (non-hydrogen) atoms. The summed E-state index contributed by atoms with van der Waals surface area (Å²) in [5.41, 5.74) is 4.35. The maximum Gasteiger partial charge on any atom is 0.258 e. The third-order valence-corrected chi connectivity index (χ3v) is 5.45. The minimum atomic E-state index is -0.908. The molecule has 3 aromatic rings. The van der Waals surface area contributed by atoms with Crippen LogP contribution in [0.2, 0.25) is 0 Å². The number of aliphatic hydroxyl groups is 2. The maximum atomic E-state index is 11.2. The molecule has 0 spiro atoms. The molecule has 1 atom stereocenters. The van der Waals surface area contributed by atoms with Crippen LogP contribution in [0.5, 0.6) is 5.75 Å². The number of aliphatic hydroxyl groups excluding tert-OH is 2. The Bertz CT molecular complexity index is 1160. The van der Waals surface area contributed by atoms with Gasteiger partial charge in [-0.1, -0.05) is 19.0 Å². The first kappa shape index (κ1) is 26.1. The molecule has 0 saturated carbocycles. The second-order valence-corrected chi connectivity index (χ2v) is 8.44. The lowest BCUT2D eigenvalue weighted by atomic mass is 10.0. The molecular weight excluding hydrogens is 450 g/mol. The van der Waals surface area contributed by atoms with Gasteiger partial charge in [0, 0.05) is 37.5 Å². The largest absolute Gasteiger partial charge is 0.490 e. The minimum Gasteiger partial charge on any atom is -0.490 e. The lowest BCUT2D eigenvalue weighted by Crippen LogP contribution is -2.36. The van der Waals surface area contributed by atoms with Gasteiger partial charge in [0.05, 0.1) is 0 Å². The van der Waals surface area contributed by atoms with Gasteiger partial charge in [0.1, 0.15) is 30.9 Å². The molecular formula is C25H33N5O5. The van der Waals surface area contributed by atoms with Gasteiger partial charge in [-0.2, -0.15) is 4.98 Å². The molecule has 10 nitrogen and oxygen atoms in total. The standard InChI is InChI=1S/C25H33N5O5/c1-6-16-9-17(8-15(3)23(16)34-14-20(32)12-26-22(33)13-31)24-28-25(35-29-24)18-10-19(7-2)27-21(11-18)30(4)5/h8-11,20,31-32H,6-7,12-14H2,1-5H3,(H,26,33)/t20-/m1/s1. The van der Waals surface area contributed by atoms with E-state index in [1.807, 2.05) is 64.0 Å². The predicted octanol–water partition coefficient (Wildman–Crippen LogP) is 2.15. The lowest BCUT2D eigenvalue weighted by molar-refractivity contribution is -0.124. The van der Waals surface area contributed by atoms with Crippen molar-refractivity contribution in [1.82, 2.24) is 20.4 Å². The number of aromatic nitrogens is 3. The van der Waals surface area contributed by atoms with E-state index < -0.39 is 18.6 Å². The first-order valence-electron chi connectivity index (χ1n) is 11.6. The van der Waals surface area contributed by atoms with Gasteiger partial charge in [-0.05, 0) is 55.2 Å². The first-order valence-corrected chi connectivity index (χ1v) is 11.6. The Morgan fingerprint density at radius 1 is 1.14 bits per heavy atom. The fraction of sp³-hybridized carbons (Fsp3) is 0.440. The molecule has 0 aliphatic rings. The molecule has 10 heteroatoms. The number of pyridine rings is 1. The number of hydrogen-bond acceptors (Lipinski definition) is 9. The highest BCUT2D eigenvalue weighted by Gasteiger charge is 2.17. The van der Waals surface area contributed by atoms with Crippen LogP contribution in [-0.4, -0.2) is 71.2 Å². The summed E-state index contributed by atoms with van der Waals surface area (Å²) in [6, 6.07) is 7.74. The van der Waals surface area contributed by atoms with Crippen molar-refractivity contribution in [2.75, 3.05) is 38.8 Å². The highest BCUT2D eigenvalue weighted by molar-refractivity contribution is 5.76. The smallest absolute Gasteiger partial charge is 0.258 e. The van der Waals surface area contributed by atoms with E-state index in [0.717, 1.165) is 40.2 Å². The van der Waals surface area contributed by atoms with Crippen LogP contribution < -0.4 is 15.0 Å². The van der Waals surface area contributed by atoms with Crippen LogP contribution in [0.25, 0.3) is 22.8 Å². The third-order valence-electron chi connectivity index (χ3n) is 5.45. The maximum absolute atomic E-state index is 11.2. The summed E-state index contributed by atoms with van der Waals surface area (Å²) in [7, 11) is 3.88. The van der Waals surface area contributed by atoms with Gasteiger partial charge in [0.25, 0.3) is 5.89 Å². The molecule has 0 aliphatic heterocycles. The van der Waals surface area contributed by atoms with Gasteiger partial charge in [-0.3, -0.25) is 4.79 Å². The normalized spacial score (nSPS) is 11.9. The Balaban J connectivity index is 1.81. The van der Waals surface area contributed by atoms with Crippen LogP contribution in [0.15, 0.2) is 28.8 Å². The van der Waals surface area contributed by atoms with Crippen molar-refractivity contribution in [2.24, 2.45) is 0 Å². The molecule has 0 unspecified atom stereocenters. The number of hydrogen-bond donors (Lipinski definition) is 3. The number of rotatable bonds is 11. The second kappa shape index (κ2) is 11.8. The van der Waals surface area contributed by atoms with E-state index in [2.05, 4.69) is 20.4 Å². The van der Waals surface area contributed by atoms with Gasteiger partial charge in [-0.25, -0.2) is 4.98 Å². The van der Waals surface area contributed by atoms with Crippen molar-refractivity contribution in [3.05, 3.63) is 41.1 Å². The fourth-order valence-corrected chi connectivity index (χ4v) is 3.53. The number of amides is 1. The molecule has 0 fully saturated rings. The summed E-state index contributed by atoms with van der Waals surface area (Å²) in [4.78, 5) is 22.3. The minimum absolute atomic E-state index is 0.00126. The van der Waals surface area contributed by atoms with Crippen molar-refractivity contribution in [1.29, 1.82) is 0 Å². The van der Waals surface area contributed by atoms with Crippen molar-refractivity contribution in [2.45, 2.75) is 39.7 Å². The Kier molecular flexibility index (Phi) is 8.78. The summed E-state index contributed by atoms with van der Waals surface area (Å²) in [6.45, 7) is 5.35. The van der Waals surface area contributed by atoms with Crippen LogP contribution in [-0.2, 0) is 17.6 Å². The highest BCUT2D eigenvalue weighted by Crippen LogP contribution is 2.32. The summed E-state index contributed by atoms with van der Waals surface area (Å²) < 4.78 is 11.5. The lowest BCUT2D eigenvalue weighted by Gasteiger charge is -2.17. The van der Waals surface area contributed by atoms with Gasteiger partial charge < -0.3 is 29.7 Å². The quantitative estimate of drug-likeness (QED) is 0.375. The van der Waals surface area contributed by atoms with E-state index in [9.17, 15) is 9.90 Å². The fourth-order valence-electron chi connectivity index (χ4n) is 3.53. The number of benzene rings is 1. The zero-order valence-corrected chi connectivity index (χ0v) is 20.8. The average molecular weight is 484 g/mol. The average Bonchev–Trinajstić information content (AvgIpc) is 3.36. The summed E-state index contributed by atoms with van der Waals surface area (Å²) in [5.74, 6) is 1.84. The van der Waals surface area contributed by atoms with E-state index in [1.54, 1.807) is 0 Å². The summed E-state index contributed by atoms with van der Waals surface area (Å²) in [5, 5.41) is 25.5. The Morgan fingerprint density at radius 3 is 2.57 bits per heavy atom. The molecule has 2 heterocycles. The molecule has 1 amide bonds. The monoisotopic (exact) mass is 483 g/mol. The van der Waals surface area contributed by atoms with Gasteiger partial charge in [0.2, 0.25) is 11.7 Å². The summed E-state index contributed by atoms with van der Waals surface area (Å²) in [6.07, 6.45) is 0.579. The molecule has 2 aromatic heterocycles. The van der Waals surface area contributed by atoms with Crippen LogP contribution in [0.4, 0.5) is 5.82 Å². The Labute approximate surface area is 205 Å². The molecule has 1 aromatic carbocycles. The molecule has 188 valence electrons. The number of nitrogens with one attached hydrogen (secondary N) is 1. The number of carbonyl (C=O) groups excluding carboxylic acids is 1. The van der Waals surface area contributed by atoms with E-state index in [4.69, 9.17) is 14.4 Å². The van der Waals surface area contributed by atoms with E-state index >= 15 is 0 Å². The SMILES string of the molecule is CCc1cc(-c2nc(-c3cc(C)c(OC[C@H](O)CNC(=O)CO)c(CC)c3)no2)cc(N(C)C)n1. The van der Waals surface area contributed by atoms with Crippen molar-refractivity contribution >= 4 is 11.7 Å². The first-order chi connectivity index (χ1) is 16.7. The van der Waals surface area contributed by atoms with Crippen LogP contribution >= 0.6 is 0 Å². The van der Waals surface area contributed by atoms with Gasteiger partial charge in [-0.15, -0.1) is 0 Å². The molecule has 0 radical (unpaired) electrons. The van der Waals surface area contributed by atoms with Gasteiger partial charge in [0.15, 0.2) is 0 Å². The van der Waals surface area contributed by atoms with E-state index in [-0.39, 0.29) is 13.2 Å². The number of carbonyl (C=O) groups is 1. The van der Waals surface area contributed by atoms with Crippen LogP contribution in [0, 0.1) is 6.92 Å². The molecule has 0 saturated heterocycles. The third kappa shape index (κ3) is 6.55. The topological polar surface area (TPSA) is 134 Å². The van der Waals surface area contributed by atoms with E-state index in [1.165, 1.54) is 0 Å². The zero-order valence-electron chi connectivity index (χ0n) is 20.8. The second-order valence-electron chi connectivity index (χ2n) is 8.44. The molecule has 0 bridgehead atoms.